The van der Waals surface area contributed by atoms with Gasteiger partial charge < -0.3 is 5.11 Å². The fourth-order valence-electron chi connectivity index (χ4n) is 1.08. The van der Waals surface area contributed by atoms with Crippen LogP contribution in [0.25, 0.3) is 0 Å². The number of aliphatic hydroxyl groups is 1. The summed E-state index contributed by atoms with van der Waals surface area (Å²) in [6.07, 6.45) is 2.12. The van der Waals surface area contributed by atoms with E-state index in [1.165, 1.54) is 10.9 Å². The lowest BCUT2D eigenvalue weighted by molar-refractivity contribution is 0.278. The Bertz CT molecular complexity index is 344. The third-order valence-electron chi connectivity index (χ3n) is 2.07. The van der Waals surface area contributed by atoms with Crippen molar-refractivity contribution in [3.8, 4) is 0 Å². The quantitative estimate of drug-likeness (QED) is 0.728. The standard InChI is InChI=1S/C9H14N2O2/c1-7-8(2)10-6-11(9(7)13)4-3-5-12/h6,12H,3-5H2,1-2H3. The largest absolute Gasteiger partial charge is 0.396 e. The Balaban J connectivity index is 2.97. The summed E-state index contributed by atoms with van der Waals surface area (Å²) in [4.78, 5) is 15.6. The van der Waals surface area contributed by atoms with Crippen LogP contribution < -0.4 is 5.56 Å². The summed E-state index contributed by atoms with van der Waals surface area (Å²) in [5, 5.41) is 8.61. The molecule has 0 atom stereocenters. The first-order valence-corrected chi connectivity index (χ1v) is 4.30. The molecule has 0 unspecified atom stereocenters. The molecule has 0 spiro atoms. The van der Waals surface area contributed by atoms with Crippen LogP contribution in [0.1, 0.15) is 17.7 Å². The monoisotopic (exact) mass is 182 g/mol. The Morgan fingerprint density at radius 1 is 1.54 bits per heavy atom. The molecule has 4 nitrogen and oxygen atoms in total. The lowest BCUT2D eigenvalue weighted by Gasteiger charge is -2.05. The van der Waals surface area contributed by atoms with Gasteiger partial charge in [-0.05, 0) is 20.3 Å². The number of aromatic nitrogens is 2. The summed E-state index contributed by atoms with van der Waals surface area (Å²) in [6, 6.07) is 0. The van der Waals surface area contributed by atoms with Crippen LogP contribution in [0, 0.1) is 13.8 Å². The molecule has 0 saturated carbocycles. The maximum Gasteiger partial charge on any atom is 0.256 e. The van der Waals surface area contributed by atoms with Crippen molar-refractivity contribution in [1.29, 1.82) is 0 Å². The molecule has 0 fully saturated rings. The van der Waals surface area contributed by atoms with Crippen molar-refractivity contribution in [2.75, 3.05) is 6.61 Å². The molecule has 0 aromatic carbocycles. The Hall–Kier alpha value is -1.16. The first kappa shape index (κ1) is 9.92. The Labute approximate surface area is 76.9 Å². The second kappa shape index (κ2) is 4.18. The minimum Gasteiger partial charge on any atom is -0.396 e. The van der Waals surface area contributed by atoms with Gasteiger partial charge in [-0.15, -0.1) is 0 Å². The lowest BCUT2D eigenvalue weighted by Crippen LogP contribution is -2.24. The summed E-state index contributed by atoms with van der Waals surface area (Å²) < 4.78 is 1.53. The van der Waals surface area contributed by atoms with Crippen molar-refractivity contribution >= 4 is 0 Å². The van der Waals surface area contributed by atoms with Crippen molar-refractivity contribution in [2.24, 2.45) is 0 Å². The van der Waals surface area contributed by atoms with E-state index >= 15 is 0 Å². The van der Waals surface area contributed by atoms with Gasteiger partial charge in [0.05, 0.1) is 6.33 Å². The molecule has 1 rings (SSSR count). The van der Waals surface area contributed by atoms with Crippen molar-refractivity contribution in [3.63, 3.8) is 0 Å². The summed E-state index contributed by atoms with van der Waals surface area (Å²) in [5.41, 5.74) is 1.44. The predicted octanol–water partition coefficient (Wildman–Crippen LogP) is 0.243. The van der Waals surface area contributed by atoms with Crippen LogP contribution >= 0.6 is 0 Å². The SMILES string of the molecule is Cc1ncn(CCCO)c(=O)c1C. The van der Waals surface area contributed by atoms with Gasteiger partial charge in [0.2, 0.25) is 0 Å². The molecule has 0 saturated heterocycles. The average Bonchev–Trinajstić information content (AvgIpc) is 2.13. The highest BCUT2D eigenvalue weighted by Crippen LogP contribution is 1.95. The van der Waals surface area contributed by atoms with Gasteiger partial charge in [-0.1, -0.05) is 0 Å². The third kappa shape index (κ3) is 2.15. The highest BCUT2D eigenvalue weighted by Gasteiger charge is 2.02. The number of hydrogen-bond acceptors (Lipinski definition) is 3. The Morgan fingerprint density at radius 2 is 2.23 bits per heavy atom. The number of nitrogens with zero attached hydrogens (tertiary/aromatic N) is 2. The van der Waals surface area contributed by atoms with E-state index in [0.717, 1.165) is 5.69 Å². The highest BCUT2D eigenvalue weighted by atomic mass is 16.3. The molecule has 0 aliphatic rings. The van der Waals surface area contributed by atoms with E-state index in [2.05, 4.69) is 4.98 Å². The molecular formula is C9H14N2O2. The van der Waals surface area contributed by atoms with Crippen molar-refractivity contribution in [1.82, 2.24) is 9.55 Å². The molecule has 0 amide bonds. The van der Waals surface area contributed by atoms with Gasteiger partial charge in [0, 0.05) is 24.4 Å². The van der Waals surface area contributed by atoms with Gasteiger partial charge in [0.25, 0.3) is 5.56 Å². The van der Waals surface area contributed by atoms with Gasteiger partial charge in [0.15, 0.2) is 0 Å². The van der Waals surface area contributed by atoms with E-state index in [0.29, 0.717) is 18.5 Å². The summed E-state index contributed by atoms with van der Waals surface area (Å²) in [5.74, 6) is 0. The van der Waals surface area contributed by atoms with Crippen LogP contribution in [-0.4, -0.2) is 21.3 Å². The van der Waals surface area contributed by atoms with Gasteiger partial charge in [-0.2, -0.15) is 0 Å². The molecule has 13 heavy (non-hydrogen) atoms. The summed E-state index contributed by atoms with van der Waals surface area (Å²) in [6.45, 7) is 4.20. The van der Waals surface area contributed by atoms with Crippen molar-refractivity contribution in [2.45, 2.75) is 26.8 Å². The van der Waals surface area contributed by atoms with Crippen molar-refractivity contribution < 1.29 is 5.11 Å². The third-order valence-corrected chi connectivity index (χ3v) is 2.07. The molecule has 1 heterocycles. The maximum atomic E-state index is 11.5. The van der Waals surface area contributed by atoms with Gasteiger partial charge >= 0.3 is 0 Å². The zero-order valence-corrected chi connectivity index (χ0v) is 7.95. The van der Waals surface area contributed by atoms with E-state index in [4.69, 9.17) is 5.11 Å². The number of aliphatic hydroxyl groups excluding tert-OH is 1. The van der Waals surface area contributed by atoms with Crippen LogP contribution in [-0.2, 0) is 6.54 Å². The van der Waals surface area contributed by atoms with E-state index in [-0.39, 0.29) is 12.2 Å². The molecule has 1 aromatic rings. The van der Waals surface area contributed by atoms with Gasteiger partial charge in [-0.3, -0.25) is 9.36 Å². The first-order chi connectivity index (χ1) is 6.16. The predicted molar refractivity (Wildman–Crippen MR) is 49.7 cm³/mol. The molecule has 0 bridgehead atoms. The molecular weight excluding hydrogens is 168 g/mol. The zero-order valence-electron chi connectivity index (χ0n) is 7.95. The maximum absolute atomic E-state index is 11.5. The van der Waals surface area contributed by atoms with Crippen LogP contribution in [0.5, 0.6) is 0 Å². The Morgan fingerprint density at radius 3 is 2.85 bits per heavy atom. The molecule has 72 valence electrons. The van der Waals surface area contributed by atoms with E-state index < -0.39 is 0 Å². The zero-order chi connectivity index (χ0) is 9.84. The number of aryl methyl sites for hydroxylation is 2. The van der Waals surface area contributed by atoms with E-state index in [1.807, 2.05) is 6.92 Å². The number of rotatable bonds is 3. The second-order valence-electron chi connectivity index (χ2n) is 3.03. The normalized spacial score (nSPS) is 10.4. The van der Waals surface area contributed by atoms with E-state index in [9.17, 15) is 4.79 Å². The molecule has 4 heteroatoms. The minimum absolute atomic E-state index is 0.0130. The topological polar surface area (TPSA) is 55.1 Å². The minimum atomic E-state index is -0.0130. The highest BCUT2D eigenvalue weighted by molar-refractivity contribution is 5.12. The fourth-order valence-corrected chi connectivity index (χ4v) is 1.08. The number of hydrogen-bond donors (Lipinski definition) is 1. The average molecular weight is 182 g/mol. The Kier molecular flexibility index (Phi) is 3.19. The van der Waals surface area contributed by atoms with Crippen LogP contribution in [0.3, 0.4) is 0 Å². The van der Waals surface area contributed by atoms with E-state index in [1.54, 1.807) is 6.92 Å². The smallest absolute Gasteiger partial charge is 0.256 e. The molecule has 0 aliphatic heterocycles. The lowest BCUT2D eigenvalue weighted by atomic mass is 10.3. The molecule has 0 aliphatic carbocycles. The van der Waals surface area contributed by atoms with Gasteiger partial charge in [0.1, 0.15) is 0 Å². The van der Waals surface area contributed by atoms with Crippen LogP contribution in [0.15, 0.2) is 11.1 Å². The van der Waals surface area contributed by atoms with Crippen molar-refractivity contribution in [3.05, 3.63) is 27.9 Å². The fraction of sp³-hybridized carbons (Fsp3) is 0.556. The van der Waals surface area contributed by atoms with Crippen LogP contribution in [0.4, 0.5) is 0 Å². The molecule has 1 aromatic heterocycles. The van der Waals surface area contributed by atoms with Crippen LogP contribution in [0.2, 0.25) is 0 Å². The summed E-state index contributed by atoms with van der Waals surface area (Å²) in [7, 11) is 0. The molecule has 0 radical (unpaired) electrons. The second-order valence-corrected chi connectivity index (χ2v) is 3.03. The first-order valence-electron chi connectivity index (χ1n) is 4.30. The summed E-state index contributed by atoms with van der Waals surface area (Å²) >= 11 is 0. The van der Waals surface area contributed by atoms with Gasteiger partial charge in [-0.25, -0.2) is 4.98 Å². The molecule has 1 N–H and O–H groups in total.